The van der Waals surface area contributed by atoms with Crippen LogP contribution in [0, 0.1) is 11.3 Å². The quantitative estimate of drug-likeness (QED) is 0.728. The first-order valence-corrected chi connectivity index (χ1v) is 4.48. The van der Waals surface area contributed by atoms with Gasteiger partial charge in [0.2, 0.25) is 0 Å². The van der Waals surface area contributed by atoms with Gasteiger partial charge in [-0.3, -0.25) is 0 Å². The fraction of sp³-hybridized carbons (Fsp3) is 0.100. The Labute approximate surface area is 87.2 Å². The summed E-state index contributed by atoms with van der Waals surface area (Å²) in [5.41, 5.74) is 0.876. The highest BCUT2D eigenvalue weighted by Crippen LogP contribution is 2.21. The third-order valence-electron chi connectivity index (χ3n) is 1.47. The lowest BCUT2D eigenvalue weighted by molar-refractivity contribution is 1.36. The Hall–Kier alpha value is -0.970. The Bertz CT molecular complexity index is 364. The van der Waals surface area contributed by atoms with Crippen LogP contribution in [0.3, 0.4) is 0 Å². The number of allylic oxidation sites excluding steroid dienone is 1. The average Bonchev–Trinajstić information content (AvgIpc) is 2.09. The molecule has 0 aromatic heterocycles. The van der Waals surface area contributed by atoms with Crippen LogP contribution >= 0.6 is 23.2 Å². The molecule has 1 rings (SSSR count). The van der Waals surface area contributed by atoms with Gasteiger partial charge in [-0.1, -0.05) is 41.4 Å². The molecule has 0 N–H and O–H groups in total. The van der Waals surface area contributed by atoms with Gasteiger partial charge in [0.15, 0.2) is 0 Å². The fourth-order valence-corrected chi connectivity index (χ4v) is 1.35. The Balaban J connectivity index is 2.85. The predicted molar refractivity (Wildman–Crippen MR) is 55.7 cm³/mol. The van der Waals surface area contributed by atoms with Crippen LogP contribution in [-0.2, 0) is 0 Å². The van der Waals surface area contributed by atoms with Gasteiger partial charge >= 0.3 is 0 Å². The minimum absolute atomic E-state index is 0.388. The van der Waals surface area contributed by atoms with Crippen LogP contribution in [0.4, 0.5) is 0 Å². The second-order valence-corrected chi connectivity index (χ2v) is 3.27. The van der Waals surface area contributed by atoms with E-state index in [4.69, 9.17) is 28.5 Å². The van der Waals surface area contributed by atoms with Crippen molar-refractivity contribution < 1.29 is 0 Å². The second-order valence-electron chi connectivity index (χ2n) is 2.43. The summed E-state index contributed by atoms with van der Waals surface area (Å²) in [6.07, 6.45) is 3.95. The molecule has 0 saturated carbocycles. The van der Waals surface area contributed by atoms with E-state index in [0.717, 1.165) is 5.56 Å². The molecule has 0 radical (unpaired) electrons. The standard InChI is InChI=1S/C10H7Cl2N/c11-9-5-4-8(10(12)7-9)3-1-2-6-13/h1,3-5,7H,2H2/b3-1+. The molecule has 0 atom stereocenters. The highest BCUT2D eigenvalue weighted by molar-refractivity contribution is 6.35. The molecule has 0 fully saturated rings. The van der Waals surface area contributed by atoms with Crippen LogP contribution in [0.2, 0.25) is 10.0 Å². The highest BCUT2D eigenvalue weighted by atomic mass is 35.5. The molecular weight excluding hydrogens is 205 g/mol. The first kappa shape index (κ1) is 10.1. The molecule has 13 heavy (non-hydrogen) atoms. The van der Waals surface area contributed by atoms with E-state index in [-0.39, 0.29) is 0 Å². The summed E-state index contributed by atoms with van der Waals surface area (Å²) in [4.78, 5) is 0. The van der Waals surface area contributed by atoms with Gasteiger partial charge in [-0.2, -0.15) is 5.26 Å². The van der Waals surface area contributed by atoms with Crippen molar-refractivity contribution in [1.82, 2.24) is 0 Å². The lowest BCUT2D eigenvalue weighted by atomic mass is 10.2. The molecule has 0 aliphatic heterocycles. The van der Waals surface area contributed by atoms with Gasteiger partial charge in [0, 0.05) is 10.0 Å². The molecule has 0 aliphatic rings. The number of halogens is 2. The molecule has 0 aliphatic carbocycles. The summed E-state index contributed by atoms with van der Waals surface area (Å²) in [6, 6.07) is 7.27. The smallest absolute Gasteiger partial charge is 0.0663 e. The maximum atomic E-state index is 8.30. The van der Waals surface area contributed by atoms with Gasteiger partial charge in [-0.05, 0) is 17.7 Å². The Morgan fingerprint density at radius 2 is 2.15 bits per heavy atom. The van der Waals surface area contributed by atoms with E-state index in [1.807, 2.05) is 18.2 Å². The lowest BCUT2D eigenvalue weighted by Crippen LogP contribution is -1.74. The molecule has 0 unspecified atom stereocenters. The van der Waals surface area contributed by atoms with E-state index in [1.54, 1.807) is 18.2 Å². The molecule has 1 nitrogen and oxygen atoms in total. The highest BCUT2D eigenvalue weighted by Gasteiger charge is 1.96. The lowest BCUT2D eigenvalue weighted by Gasteiger charge is -1.97. The minimum atomic E-state index is 0.388. The first-order valence-electron chi connectivity index (χ1n) is 3.72. The normalized spacial score (nSPS) is 10.2. The van der Waals surface area contributed by atoms with Gasteiger partial charge in [-0.15, -0.1) is 0 Å². The zero-order valence-electron chi connectivity index (χ0n) is 6.80. The monoisotopic (exact) mass is 211 g/mol. The van der Waals surface area contributed by atoms with Crippen LogP contribution in [0.5, 0.6) is 0 Å². The Kier molecular flexibility index (Phi) is 3.82. The van der Waals surface area contributed by atoms with Gasteiger partial charge in [0.25, 0.3) is 0 Å². The van der Waals surface area contributed by atoms with Gasteiger partial charge in [0.1, 0.15) is 0 Å². The SMILES string of the molecule is N#CC/C=C/c1ccc(Cl)cc1Cl. The summed E-state index contributed by atoms with van der Waals surface area (Å²) < 4.78 is 0. The Morgan fingerprint density at radius 3 is 2.77 bits per heavy atom. The summed E-state index contributed by atoms with van der Waals surface area (Å²) in [5, 5.41) is 9.51. The molecule has 0 heterocycles. The maximum absolute atomic E-state index is 8.30. The molecule has 0 bridgehead atoms. The van der Waals surface area contributed by atoms with E-state index in [9.17, 15) is 0 Å². The van der Waals surface area contributed by atoms with Crippen molar-refractivity contribution in [3.05, 3.63) is 39.9 Å². The molecule has 0 spiro atoms. The van der Waals surface area contributed by atoms with E-state index >= 15 is 0 Å². The minimum Gasteiger partial charge on any atom is -0.198 e. The fourth-order valence-electron chi connectivity index (χ4n) is 0.875. The van der Waals surface area contributed by atoms with Gasteiger partial charge in [0.05, 0.1) is 12.5 Å². The Morgan fingerprint density at radius 1 is 1.38 bits per heavy atom. The van der Waals surface area contributed by atoms with Crippen molar-refractivity contribution in [1.29, 1.82) is 5.26 Å². The van der Waals surface area contributed by atoms with Gasteiger partial charge in [-0.25, -0.2) is 0 Å². The number of nitrogens with zero attached hydrogens (tertiary/aromatic N) is 1. The summed E-state index contributed by atoms with van der Waals surface area (Å²) in [6.45, 7) is 0. The molecular formula is C10H7Cl2N. The van der Waals surface area contributed by atoms with Crippen LogP contribution in [0.15, 0.2) is 24.3 Å². The second kappa shape index (κ2) is 4.91. The molecule has 0 saturated heterocycles. The van der Waals surface area contributed by atoms with Crippen molar-refractivity contribution in [2.75, 3.05) is 0 Å². The van der Waals surface area contributed by atoms with Crippen LogP contribution < -0.4 is 0 Å². The third kappa shape index (κ3) is 3.10. The van der Waals surface area contributed by atoms with E-state index < -0.39 is 0 Å². The number of hydrogen-bond donors (Lipinski definition) is 0. The number of hydrogen-bond acceptors (Lipinski definition) is 1. The van der Waals surface area contributed by atoms with Crippen molar-refractivity contribution in [2.24, 2.45) is 0 Å². The van der Waals surface area contributed by atoms with Crippen molar-refractivity contribution in [3.8, 4) is 6.07 Å². The molecule has 66 valence electrons. The summed E-state index contributed by atoms with van der Waals surface area (Å²) in [5.74, 6) is 0. The zero-order chi connectivity index (χ0) is 9.68. The van der Waals surface area contributed by atoms with E-state index in [2.05, 4.69) is 0 Å². The summed E-state index contributed by atoms with van der Waals surface area (Å²) >= 11 is 11.6. The van der Waals surface area contributed by atoms with Crippen LogP contribution in [0.25, 0.3) is 6.08 Å². The first-order chi connectivity index (χ1) is 6.24. The van der Waals surface area contributed by atoms with E-state index in [1.165, 1.54) is 0 Å². The largest absolute Gasteiger partial charge is 0.198 e. The predicted octanol–water partition coefficient (Wildman–Crippen LogP) is 3.92. The third-order valence-corrected chi connectivity index (χ3v) is 2.03. The molecule has 1 aromatic rings. The topological polar surface area (TPSA) is 23.8 Å². The number of benzene rings is 1. The van der Waals surface area contributed by atoms with Crippen molar-refractivity contribution >= 4 is 29.3 Å². The number of rotatable bonds is 2. The summed E-state index contributed by atoms with van der Waals surface area (Å²) in [7, 11) is 0. The average molecular weight is 212 g/mol. The van der Waals surface area contributed by atoms with E-state index in [0.29, 0.717) is 16.5 Å². The number of nitriles is 1. The molecule has 1 aromatic carbocycles. The molecule has 3 heteroatoms. The zero-order valence-corrected chi connectivity index (χ0v) is 8.31. The van der Waals surface area contributed by atoms with Gasteiger partial charge < -0.3 is 0 Å². The van der Waals surface area contributed by atoms with Crippen LogP contribution in [0.1, 0.15) is 12.0 Å². The molecule has 0 amide bonds. The van der Waals surface area contributed by atoms with Crippen molar-refractivity contribution in [3.63, 3.8) is 0 Å². The van der Waals surface area contributed by atoms with Crippen molar-refractivity contribution in [2.45, 2.75) is 6.42 Å². The maximum Gasteiger partial charge on any atom is 0.0663 e. The van der Waals surface area contributed by atoms with Crippen LogP contribution in [-0.4, -0.2) is 0 Å².